The first kappa shape index (κ1) is 13.0. The molecule has 3 heteroatoms. The highest BCUT2D eigenvalue weighted by molar-refractivity contribution is 5.90. The number of hydrogen-bond donors (Lipinski definition) is 1. The van der Waals surface area contributed by atoms with E-state index in [9.17, 15) is 4.79 Å². The Kier molecular flexibility index (Phi) is 7.99. The number of unbranched alkanes of at least 4 members (excludes halogenated alkanes) is 4. The van der Waals surface area contributed by atoms with Crippen LogP contribution in [0.1, 0.15) is 46.0 Å². The molecule has 0 atom stereocenters. The molecule has 0 heterocycles. The highest BCUT2D eigenvalue weighted by Crippen LogP contribution is 2.02. The predicted molar refractivity (Wildman–Crippen MR) is 57.7 cm³/mol. The van der Waals surface area contributed by atoms with Crippen LogP contribution in [0.2, 0.25) is 0 Å². The standard InChI is InChI=1S/C11H21NO2/c1-3-4-5-6-7-8-14-9-10(2)11(12)13/h9H,3-8H2,1-2H3,(H2,12,13)/b10-9+. The molecule has 0 rings (SSSR count). The lowest BCUT2D eigenvalue weighted by atomic mass is 10.2. The summed E-state index contributed by atoms with van der Waals surface area (Å²) >= 11 is 0. The van der Waals surface area contributed by atoms with Gasteiger partial charge in [-0.05, 0) is 13.3 Å². The van der Waals surface area contributed by atoms with Crippen LogP contribution in [0, 0.1) is 0 Å². The summed E-state index contributed by atoms with van der Waals surface area (Å²) in [4.78, 5) is 10.6. The molecule has 0 aliphatic rings. The summed E-state index contributed by atoms with van der Waals surface area (Å²) in [5.41, 5.74) is 5.50. The minimum absolute atomic E-state index is 0.420. The summed E-state index contributed by atoms with van der Waals surface area (Å²) in [6.07, 6.45) is 7.48. The predicted octanol–water partition coefficient (Wildman–Crippen LogP) is 2.36. The summed E-state index contributed by atoms with van der Waals surface area (Å²) in [5.74, 6) is -0.420. The second-order valence-corrected chi connectivity index (χ2v) is 3.45. The first-order valence-electron chi connectivity index (χ1n) is 5.26. The van der Waals surface area contributed by atoms with E-state index in [4.69, 9.17) is 10.5 Å². The van der Waals surface area contributed by atoms with Gasteiger partial charge in [-0.25, -0.2) is 0 Å². The third-order valence-electron chi connectivity index (χ3n) is 2.01. The maximum atomic E-state index is 10.6. The van der Waals surface area contributed by atoms with Crippen molar-refractivity contribution in [1.82, 2.24) is 0 Å². The minimum Gasteiger partial charge on any atom is -0.501 e. The van der Waals surface area contributed by atoms with Gasteiger partial charge in [0.25, 0.3) is 0 Å². The van der Waals surface area contributed by atoms with Crippen LogP contribution in [-0.4, -0.2) is 12.5 Å². The second kappa shape index (κ2) is 8.60. The van der Waals surface area contributed by atoms with Gasteiger partial charge in [-0.15, -0.1) is 0 Å². The van der Waals surface area contributed by atoms with Crippen molar-refractivity contribution in [1.29, 1.82) is 0 Å². The largest absolute Gasteiger partial charge is 0.501 e. The Balaban J connectivity index is 3.29. The topological polar surface area (TPSA) is 52.3 Å². The van der Waals surface area contributed by atoms with Gasteiger partial charge in [0.1, 0.15) is 0 Å². The summed E-state index contributed by atoms with van der Waals surface area (Å²) < 4.78 is 5.17. The van der Waals surface area contributed by atoms with Crippen LogP contribution in [0.4, 0.5) is 0 Å². The lowest BCUT2D eigenvalue weighted by molar-refractivity contribution is -0.114. The molecule has 1 amide bonds. The van der Waals surface area contributed by atoms with Gasteiger partial charge in [-0.2, -0.15) is 0 Å². The van der Waals surface area contributed by atoms with Crippen molar-refractivity contribution in [3.8, 4) is 0 Å². The van der Waals surface area contributed by atoms with Gasteiger partial charge in [0.05, 0.1) is 12.9 Å². The molecule has 0 aromatic rings. The number of carbonyl (C=O) groups is 1. The van der Waals surface area contributed by atoms with Crippen LogP contribution in [0.5, 0.6) is 0 Å². The second-order valence-electron chi connectivity index (χ2n) is 3.45. The molecule has 0 aromatic heterocycles. The Morgan fingerprint density at radius 1 is 1.29 bits per heavy atom. The molecule has 0 aliphatic heterocycles. The summed E-state index contributed by atoms with van der Waals surface area (Å²) in [6, 6.07) is 0. The number of hydrogen-bond acceptors (Lipinski definition) is 2. The van der Waals surface area contributed by atoms with Crippen LogP contribution in [0.25, 0.3) is 0 Å². The van der Waals surface area contributed by atoms with Crippen molar-refractivity contribution in [2.75, 3.05) is 6.61 Å². The Morgan fingerprint density at radius 2 is 1.93 bits per heavy atom. The van der Waals surface area contributed by atoms with E-state index in [1.165, 1.54) is 31.9 Å². The molecule has 3 nitrogen and oxygen atoms in total. The van der Waals surface area contributed by atoms with Gasteiger partial charge < -0.3 is 10.5 Å². The fourth-order valence-electron chi connectivity index (χ4n) is 1.03. The third-order valence-corrected chi connectivity index (χ3v) is 2.01. The van der Waals surface area contributed by atoms with Crippen LogP contribution >= 0.6 is 0 Å². The number of amides is 1. The number of primary amides is 1. The molecule has 0 aliphatic carbocycles. The molecule has 0 unspecified atom stereocenters. The fourth-order valence-corrected chi connectivity index (χ4v) is 1.03. The Hall–Kier alpha value is -0.990. The van der Waals surface area contributed by atoms with Crippen LogP contribution < -0.4 is 5.73 Å². The van der Waals surface area contributed by atoms with Crippen molar-refractivity contribution in [3.05, 3.63) is 11.8 Å². The van der Waals surface area contributed by atoms with E-state index in [1.54, 1.807) is 6.92 Å². The molecule has 0 radical (unpaired) electrons. The molecule has 0 saturated heterocycles. The van der Waals surface area contributed by atoms with Gasteiger partial charge in [0.2, 0.25) is 5.91 Å². The average molecular weight is 199 g/mol. The van der Waals surface area contributed by atoms with E-state index in [0.717, 1.165) is 6.42 Å². The third kappa shape index (κ3) is 7.65. The van der Waals surface area contributed by atoms with Crippen LogP contribution in [0.15, 0.2) is 11.8 Å². The summed E-state index contributed by atoms with van der Waals surface area (Å²) in [7, 11) is 0. The van der Waals surface area contributed by atoms with E-state index >= 15 is 0 Å². The summed E-state index contributed by atoms with van der Waals surface area (Å²) in [5, 5.41) is 0. The number of ether oxygens (including phenoxy) is 1. The van der Waals surface area contributed by atoms with E-state index in [-0.39, 0.29) is 0 Å². The monoisotopic (exact) mass is 199 g/mol. The average Bonchev–Trinajstić information content (AvgIpc) is 2.16. The zero-order valence-corrected chi connectivity index (χ0v) is 9.21. The summed E-state index contributed by atoms with van der Waals surface area (Å²) in [6.45, 7) is 4.52. The molecular formula is C11H21NO2. The van der Waals surface area contributed by atoms with Crippen molar-refractivity contribution in [2.24, 2.45) is 5.73 Å². The molecule has 82 valence electrons. The van der Waals surface area contributed by atoms with Gasteiger partial charge in [0, 0.05) is 5.57 Å². The van der Waals surface area contributed by atoms with Crippen molar-refractivity contribution < 1.29 is 9.53 Å². The lowest BCUT2D eigenvalue weighted by Crippen LogP contribution is -2.11. The van der Waals surface area contributed by atoms with E-state index in [0.29, 0.717) is 12.2 Å². The van der Waals surface area contributed by atoms with Crippen LogP contribution in [-0.2, 0) is 9.53 Å². The smallest absolute Gasteiger partial charge is 0.247 e. The van der Waals surface area contributed by atoms with Crippen molar-refractivity contribution in [2.45, 2.75) is 46.0 Å². The quantitative estimate of drug-likeness (QED) is 0.370. The van der Waals surface area contributed by atoms with E-state index < -0.39 is 5.91 Å². The van der Waals surface area contributed by atoms with Crippen LogP contribution in [0.3, 0.4) is 0 Å². The molecule has 0 spiro atoms. The molecule has 0 fully saturated rings. The van der Waals surface area contributed by atoms with Crippen molar-refractivity contribution in [3.63, 3.8) is 0 Å². The molecule has 0 aromatic carbocycles. The van der Waals surface area contributed by atoms with E-state index in [2.05, 4.69) is 6.92 Å². The van der Waals surface area contributed by atoms with Gasteiger partial charge in [0.15, 0.2) is 0 Å². The van der Waals surface area contributed by atoms with Gasteiger partial charge in [-0.3, -0.25) is 4.79 Å². The molecule has 14 heavy (non-hydrogen) atoms. The fraction of sp³-hybridized carbons (Fsp3) is 0.727. The Bertz CT molecular complexity index is 188. The maximum absolute atomic E-state index is 10.6. The SMILES string of the molecule is CCCCCCCO/C=C(\C)C(N)=O. The number of nitrogens with two attached hydrogens (primary N) is 1. The molecule has 2 N–H and O–H groups in total. The lowest BCUT2D eigenvalue weighted by Gasteiger charge is -2.01. The molecular weight excluding hydrogens is 178 g/mol. The number of carbonyl (C=O) groups excluding carboxylic acids is 1. The Labute approximate surface area is 86.3 Å². The van der Waals surface area contributed by atoms with E-state index in [1.807, 2.05) is 0 Å². The minimum atomic E-state index is -0.420. The highest BCUT2D eigenvalue weighted by Gasteiger charge is 1.95. The number of rotatable bonds is 8. The van der Waals surface area contributed by atoms with Gasteiger partial charge in [-0.1, -0.05) is 32.6 Å². The normalized spacial score (nSPS) is 11.4. The zero-order chi connectivity index (χ0) is 10.8. The molecule has 0 saturated carbocycles. The van der Waals surface area contributed by atoms with Crippen molar-refractivity contribution >= 4 is 5.91 Å². The highest BCUT2D eigenvalue weighted by atomic mass is 16.5. The first-order valence-corrected chi connectivity index (χ1v) is 5.26. The maximum Gasteiger partial charge on any atom is 0.247 e. The zero-order valence-electron chi connectivity index (χ0n) is 9.21. The van der Waals surface area contributed by atoms with Gasteiger partial charge >= 0.3 is 0 Å². The first-order chi connectivity index (χ1) is 6.68. The molecule has 0 bridgehead atoms. The Morgan fingerprint density at radius 3 is 2.50 bits per heavy atom.